The maximum atomic E-state index is 11.7. The lowest BCUT2D eigenvalue weighted by Crippen LogP contribution is -2.36. The molecular weight excluding hydrogens is 431 g/mol. The van der Waals surface area contributed by atoms with E-state index in [0.29, 0.717) is 18.2 Å². The summed E-state index contributed by atoms with van der Waals surface area (Å²) in [6.07, 6.45) is -0.922. The Morgan fingerprint density at radius 2 is 2.09 bits per heavy atom. The smallest absolute Gasteiger partial charge is 0.475 e. The van der Waals surface area contributed by atoms with E-state index in [4.69, 9.17) is 14.6 Å². The number of imidazole rings is 1. The average Bonchev–Trinajstić information content (AvgIpc) is 3.32. The molecule has 0 aliphatic carbocycles. The monoisotopic (exact) mass is 453 g/mol. The van der Waals surface area contributed by atoms with Crippen molar-refractivity contribution in [2.45, 2.75) is 45.1 Å². The van der Waals surface area contributed by atoms with Crippen LogP contribution in [-0.2, 0) is 29.0 Å². The van der Waals surface area contributed by atoms with Gasteiger partial charge in [0.25, 0.3) is 0 Å². The van der Waals surface area contributed by atoms with Crippen molar-refractivity contribution in [1.82, 2.24) is 25.1 Å². The van der Waals surface area contributed by atoms with Gasteiger partial charge in [-0.3, -0.25) is 5.10 Å². The highest BCUT2D eigenvalue weighted by Gasteiger charge is 2.38. The third-order valence-electron chi connectivity index (χ3n) is 4.98. The zero-order chi connectivity index (χ0) is 23.5. The van der Waals surface area contributed by atoms with E-state index in [9.17, 15) is 18.0 Å². The fourth-order valence-corrected chi connectivity index (χ4v) is 3.44. The molecule has 2 aromatic heterocycles. The Labute approximate surface area is 180 Å². The van der Waals surface area contributed by atoms with Crippen LogP contribution in [-0.4, -0.2) is 56.1 Å². The van der Waals surface area contributed by atoms with Crippen molar-refractivity contribution in [2.75, 3.05) is 7.11 Å². The molecule has 3 heterocycles. The highest BCUT2D eigenvalue weighted by Crippen LogP contribution is 2.20. The molecule has 172 valence electrons. The zero-order valence-corrected chi connectivity index (χ0v) is 17.4. The molecule has 0 fully saturated rings. The first-order valence-electron chi connectivity index (χ1n) is 9.70. The Morgan fingerprint density at radius 1 is 1.38 bits per heavy atom. The van der Waals surface area contributed by atoms with Crippen molar-refractivity contribution in [2.24, 2.45) is 0 Å². The zero-order valence-electron chi connectivity index (χ0n) is 17.4. The third-order valence-corrected chi connectivity index (χ3v) is 4.98. The number of hydrogen-bond donors (Lipinski definition) is 3. The molecule has 4 rings (SSSR count). The summed E-state index contributed by atoms with van der Waals surface area (Å²) in [6.45, 7) is 3.63. The van der Waals surface area contributed by atoms with Gasteiger partial charge in [-0.15, -0.1) is 0 Å². The number of halogens is 3. The summed E-state index contributed by atoms with van der Waals surface area (Å²) in [5.41, 5.74) is 3.44. The number of fused-ring (bicyclic) bond motifs is 2. The number of H-pyrrole nitrogens is 1. The van der Waals surface area contributed by atoms with Crippen LogP contribution in [0.1, 0.15) is 34.0 Å². The van der Waals surface area contributed by atoms with Crippen molar-refractivity contribution < 1.29 is 32.6 Å². The summed E-state index contributed by atoms with van der Waals surface area (Å²) >= 11 is 0. The van der Waals surface area contributed by atoms with E-state index in [0.717, 1.165) is 41.7 Å². The van der Waals surface area contributed by atoms with Crippen LogP contribution in [0.4, 0.5) is 13.2 Å². The molecular formula is C20H22F3N5O4. The molecule has 3 aromatic rings. The summed E-state index contributed by atoms with van der Waals surface area (Å²) in [6, 6.07) is 5.79. The second-order valence-electron chi connectivity index (χ2n) is 7.30. The molecule has 1 aliphatic heterocycles. The number of nitrogens with zero attached hydrogens (tertiary/aromatic N) is 3. The fraction of sp³-hybridized carbons (Fsp3) is 0.400. The molecule has 0 bridgehead atoms. The van der Waals surface area contributed by atoms with E-state index >= 15 is 0 Å². The molecule has 0 saturated heterocycles. The number of esters is 1. The number of aromatic amines is 1. The first-order chi connectivity index (χ1) is 15.1. The number of alkyl halides is 3. The number of aryl methyl sites for hydroxylation is 2. The van der Waals surface area contributed by atoms with Gasteiger partial charge in [0.15, 0.2) is 0 Å². The van der Waals surface area contributed by atoms with E-state index in [1.807, 2.05) is 19.1 Å². The molecule has 9 nitrogen and oxygen atoms in total. The minimum atomic E-state index is -5.08. The van der Waals surface area contributed by atoms with Gasteiger partial charge < -0.3 is 19.7 Å². The number of aliphatic carboxylic acids is 1. The van der Waals surface area contributed by atoms with Gasteiger partial charge in [0.05, 0.1) is 29.6 Å². The number of aromatic nitrogens is 4. The van der Waals surface area contributed by atoms with Crippen molar-refractivity contribution >= 4 is 22.8 Å². The number of carboxylic acid groups (broad SMARTS) is 1. The predicted molar refractivity (Wildman–Crippen MR) is 107 cm³/mol. The standard InChI is InChI=1S/C18H21N5O2.C2HF3O2/c1-11-9-23-10-13(4-6-17(23)20-11)19-8-16-14-7-12(18(24)25-2)3-5-15(14)21-22-16;3-2(4,5)1(6)7/h3,5,7,9,13,19H,4,6,8,10H2,1-2H3,(H,21,22);(H,6,7). The molecule has 1 aromatic carbocycles. The molecule has 12 heteroatoms. The minimum absolute atomic E-state index is 0.336. The van der Waals surface area contributed by atoms with Crippen LogP contribution in [0, 0.1) is 6.92 Å². The topological polar surface area (TPSA) is 122 Å². The Balaban J connectivity index is 0.000000360. The Morgan fingerprint density at radius 3 is 2.75 bits per heavy atom. The van der Waals surface area contributed by atoms with Gasteiger partial charge in [0.1, 0.15) is 5.82 Å². The minimum Gasteiger partial charge on any atom is -0.475 e. The van der Waals surface area contributed by atoms with Gasteiger partial charge >= 0.3 is 18.1 Å². The van der Waals surface area contributed by atoms with Crippen LogP contribution < -0.4 is 5.32 Å². The molecule has 0 saturated carbocycles. The van der Waals surface area contributed by atoms with E-state index in [2.05, 4.69) is 31.3 Å². The average molecular weight is 453 g/mol. The number of carbonyl (C=O) groups excluding carboxylic acids is 1. The van der Waals surface area contributed by atoms with Crippen LogP contribution in [0.15, 0.2) is 24.4 Å². The van der Waals surface area contributed by atoms with Crippen molar-refractivity contribution in [1.29, 1.82) is 0 Å². The third kappa shape index (κ3) is 5.44. The van der Waals surface area contributed by atoms with Crippen LogP contribution in [0.5, 0.6) is 0 Å². The van der Waals surface area contributed by atoms with Gasteiger partial charge in [-0.1, -0.05) is 0 Å². The van der Waals surface area contributed by atoms with Crippen LogP contribution >= 0.6 is 0 Å². The maximum absolute atomic E-state index is 11.7. The first kappa shape index (κ1) is 23.3. The molecule has 1 aliphatic rings. The first-order valence-corrected chi connectivity index (χ1v) is 9.70. The quantitative estimate of drug-likeness (QED) is 0.519. The molecule has 1 unspecified atom stereocenters. The highest BCUT2D eigenvalue weighted by molar-refractivity contribution is 5.95. The largest absolute Gasteiger partial charge is 0.490 e. The number of methoxy groups -OCH3 is 1. The number of carbonyl (C=O) groups is 2. The number of hydrogen-bond acceptors (Lipinski definition) is 6. The van der Waals surface area contributed by atoms with Gasteiger partial charge in [-0.25, -0.2) is 14.6 Å². The van der Waals surface area contributed by atoms with E-state index in [-0.39, 0.29) is 5.97 Å². The summed E-state index contributed by atoms with van der Waals surface area (Å²) in [4.78, 5) is 25.2. The molecule has 0 amide bonds. The van der Waals surface area contributed by atoms with Gasteiger partial charge in [-0.05, 0) is 31.5 Å². The molecule has 3 N–H and O–H groups in total. The Kier molecular flexibility index (Phi) is 6.82. The fourth-order valence-electron chi connectivity index (χ4n) is 3.44. The van der Waals surface area contributed by atoms with E-state index < -0.39 is 12.1 Å². The Hall–Kier alpha value is -3.41. The normalized spacial score (nSPS) is 15.6. The van der Waals surface area contributed by atoms with Crippen molar-refractivity contribution in [3.05, 3.63) is 47.2 Å². The number of carboxylic acids is 1. The van der Waals surface area contributed by atoms with E-state index in [1.165, 1.54) is 12.9 Å². The maximum Gasteiger partial charge on any atom is 0.490 e. The highest BCUT2D eigenvalue weighted by atomic mass is 19.4. The van der Waals surface area contributed by atoms with Gasteiger partial charge in [0.2, 0.25) is 0 Å². The van der Waals surface area contributed by atoms with Gasteiger partial charge in [-0.2, -0.15) is 18.3 Å². The number of ether oxygens (including phenoxy) is 1. The van der Waals surface area contributed by atoms with Crippen LogP contribution in [0.25, 0.3) is 10.9 Å². The molecule has 0 radical (unpaired) electrons. The lowest BCUT2D eigenvalue weighted by Gasteiger charge is -2.24. The lowest BCUT2D eigenvalue weighted by molar-refractivity contribution is -0.192. The lowest BCUT2D eigenvalue weighted by atomic mass is 10.1. The predicted octanol–water partition coefficient (Wildman–Crippen LogP) is 2.59. The number of rotatable bonds is 4. The van der Waals surface area contributed by atoms with Crippen LogP contribution in [0.3, 0.4) is 0 Å². The summed E-state index contributed by atoms with van der Waals surface area (Å²) in [5.74, 6) is -1.92. The molecule has 1 atom stereocenters. The van der Waals surface area contributed by atoms with Crippen molar-refractivity contribution in [3.8, 4) is 0 Å². The summed E-state index contributed by atoms with van der Waals surface area (Å²) < 4.78 is 38.8. The number of benzene rings is 1. The Bertz CT molecular complexity index is 1120. The second-order valence-corrected chi connectivity index (χ2v) is 7.30. The SMILES string of the molecule is COC(=O)c1ccc2n[nH]c(CNC3CCc4nc(C)cn4C3)c2c1.O=C(O)C(F)(F)F. The molecule has 0 spiro atoms. The van der Waals surface area contributed by atoms with E-state index in [1.54, 1.807) is 6.07 Å². The number of nitrogens with one attached hydrogen (secondary N) is 2. The second kappa shape index (κ2) is 9.39. The van der Waals surface area contributed by atoms with Crippen molar-refractivity contribution in [3.63, 3.8) is 0 Å². The van der Waals surface area contributed by atoms with Gasteiger partial charge in [0, 0.05) is 37.1 Å². The summed E-state index contributed by atoms with van der Waals surface area (Å²) in [7, 11) is 1.39. The molecule has 32 heavy (non-hydrogen) atoms. The van der Waals surface area contributed by atoms with Crippen LogP contribution in [0.2, 0.25) is 0 Å². The summed E-state index contributed by atoms with van der Waals surface area (Å²) in [5, 5.41) is 19.1.